The van der Waals surface area contributed by atoms with Gasteiger partial charge in [0.05, 0.1) is 31.8 Å². The molecule has 1 unspecified atom stereocenters. The molecule has 2 N–H and O–H groups in total. The second-order valence-corrected chi connectivity index (χ2v) is 7.47. The van der Waals surface area contributed by atoms with Crippen molar-refractivity contribution in [3.8, 4) is 0 Å². The maximum absolute atomic E-state index is 13.8. The zero-order chi connectivity index (χ0) is 15.0. The quantitative estimate of drug-likeness (QED) is 0.734. The highest BCUT2D eigenvalue weighted by molar-refractivity contribution is 7.86. The van der Waals surface area contributed by atoms with Gasteiger partial charge in [-0.15, -0.1) is 11.3 Å². The van der Waals surface area contributed by atoms with E-state index in [9.17, 15) is 8.60 Å². The lowest BCUT2D eigenvalue weighted by molar-refractivity contribution is 0.615. The Morgan fingerprint density at radius 3 is 2.95 bits per heavy atom. The molecule has 0 bridgehead atoms. The van der Waals surface area contributed by atoms with Gasteiger partial charge in [-0.3, -0.25) is 4.21 Å². The monoisotopic (exact) mass is 340 g/mol. The van der Waals surface area contributed by atoms with Crippen LogP contribution >= 0.6 is 22.9 Å². The minimum absolute atomic E-state index is 0.0292. The highest BCUT2D eigenvalue weighted by Gasteiger charge is 2.15. The summed E-state index contributed by atoms with van der Waals surface area (Å²) in [5, 5.41) is 0.0292. The molecule has 2 aromatic carbocycles. The lowest BCUT2D eigenvalue weighted by Crippen LogP contribution is -1.99. The minimum atomic E-state index is -1.42. The Morgan fingerprint density at radius 1 is 1.33 bits per heavy atom. The SMILES string of the molecule is Nc1ccc2nc(S(=O)Cc3cccc(Cl)c3F)sc2c1. The van der Waals surface area contributed by atoms with Crippen molar-refractivity contribution in [2.45, 2.75) is 10.1 Å². The van der Waals surface area contributed by atoms with Crippen LogP contribution in [0.4, 0.5) is 10.1 Å². The fraction of sp³-hybridized carbons (Fsp3) is 0.0714. The molecule has 1 atom stereocenters. The van der Waals surface area contributed by atoms with Gasteiger partial charge in [-0.1, -0.05) is 23.7 Å². The van der Waals surface area contributed by atoms with Gasteiger partial charge in [-0.05, 0) is 24.3 Å². The van der Waals surface area contributed by atoms with Crippen LogP contribution < -0.4 is 5.73 Å². The van der Waals surface area contributed by atoms with Crippen LogP contribution in [0, 0.1) is 5.82 Å². The van der Waals surface area contributed by atoms with Gasteiger partial charge in [-0.2, -0.15) is 0 Å². The van der Waals surface area contributed by atoms with Gasteiger partial charge >= 0.3 is 0 Å². The number of nitrogens with zero attached hydrogens (tertiary/aromatic N) is 1. The van der Waals surface area contributed by atoms with Crippen LogP contribution in [0.15, 0.2) is 40.7 Å². The summed E-state index contributed by atoms with van der Waals surface area (Å²) in [6.45, 7) is 0. The summed E-state index contributed by atoms with van der Waals surface area (Å²) in [4.78, 5) is 4.31. The molecular weight excluding hydrogens is 331 g/mol. The highest BCUT2D eigenvalue weighted by atomic mass is 35.5. The second kappa shape index (κ2) is 5.71. The fourth-order valence-corrected chi connectivity index (χ4v) is 4.47. The average molecular weight is 341 g/mol. The summed E-state index contributed by atoms with van der Waals surface area (Å²) in [5.74, 6) is -0.486. The summed E-state index contributed by atoms with van der Waals surface area (Å²) in [7, 11) is -1.42. The maximum Gasteiger partial charge on any atom is 0.182 e. The molecular formula is C14H10ClFN2OS2. The number of nitrogen functional groups attached to an aromatic ring is 1. The Morgan fingerprint density at radius 2 is 2.14 bits per heavy atom. The Balaban J connectivity index is 1.91. The number of benzene rings is 2. The number of fused-ring (bicyclic) bond motifs is 1. The zero-order valence-electron chi connectivity index (χ0n) is 10.7. The summed E-state index contributed by atoms with van der Waals surface area (Å²) < 4.78 is 27.5. The number of hydrogen-bond acceptors (Lipinski definition) is 4. The van der Waals surface area contributed by atoms with E-state index in [1.165, 1.54) is 17.4 Å². The molecule has 108 valence electrons. The Hall–Kier alpha value is -1.50. The van der Waals surface area contributed by atoms with Crippen LogP contribution in [0.2, 0.25) is 5.02 Å². The molecule has 3 nitrogen and oxygen atoms in total. The van der Waals surface area contributed by atoms with Gasteiger partial charge < -0.3 is 5.73 Å². The predicted octanol–water partition coefficient (Wildman–Crippen LogP) is 3.98. The van der Waals surface area contributed by atoms with E-state index in [0.717, 1.165) is 10.2 Å². The smallest absolute Gasteiger partial charge is 0.182 e. The fourth-order valence-electron chi connectivity index (χ4n) is 1.88. The van der Waals surface area contributed by atoms with Crippen molar-refractivity contribution in [3.63, 3.8) is 0 Å². The lowest BCUT2D eigenvalue weighted by Gasteiger charge is -2.02. The first-order valence-corrected chi connectivity index (χ1v) is 8.53. The van der Waals surface area contributed by atoms with Gasteiger partial charge in [0.1, 0.15) is 5.82 Å². The van der Waals surface area contributed by atoms with Gasteiger partial charge in [0, 0.05) is 11.3 Å². The summed E-state index contributed by atoms with van der Waals surface area (Å²) in [5.41, 5.74) is 7.40. The van der Waals surface area contributed by atoms with E-state index < -0.39 is 16.6 Å². The van der Waals surface area contributed by atoms with Crippen molar-refractivity contribution in [1.29, 1.82) is 0 Å². The molecule has 0 aliphatic rings. The average Bonchev–Trinajstić information content (AvgIpc) is 2.87. The third-order valence-corrected chi connectivity index (χ3v) is 5.87. The number of halogens is 2. The van der Waals surface area contributed by atoms with E-state index in [1.807, 2.05) is 0 Å². The molecule has 0 aliphatic heterocycles. The van der Waals surface area contributed by atoms with Crippen LogP contribution in [-0.2, 0) is 16.6 Å². The van der Waals surface area contributed by atoms with Gasteiger partial charge in [-0.25, -0.2) is 9.37 Å². The molecule has 3 aromatic rings. The van der Waals surface area contributed by atoms with Crippen LogP contribution in [0.25, 0.3) is 10.2 Å². The van der Waals surface area contributed by atoms with Crippen molar-refractivity contribution >= 4 is 49.6 Å². The largest absolute Gasteiger partial charge is 0.399 e. The molecule has 0 spiro atoms. The molecule has 21 heavy (non-hydrogen) atoms. The van der Waals surface area contributed by atoms with E-state index in [0.29, 0.717) is 15.6 Å². The van der Waals surface area contributed by atoms with Crippen LogP contribution in [0.5, 0.6) is 0 Å². The highest BCUT2D eigenvalue weighted by Crippen LogP contribution is 2.28. The third-order valence-electron chi connectivity index (χ3n) is 2.91. The number of aromatic nitrogens is 1. The topological polar surface area (TPSA) is 56.0 Å². The summed E-state index contributed by atoms with van der Waals surface area (Å²) >= 11 is 7.03. The van der Waals surface area contributed by atoms with Crippen LogP contribution in [0.1, 0.15) is 5.56 Å². The van der Waals surface area contributed by atoms with Crippen molar-refractivity contribution in [2.75, 3.05) is 5.73 Å². The molecule has 7 heteroatoms. The first-order chi connectivity index (χ1) is 10.0. The zero-order valence-corrected chi connectivity index (χ0v) is 13.1. The Bertz CT molecular complexity index is 850. The number of nitrogens with two attached hydrogens (primary N) is 1. The maximum atomic E-state index is 13.8. The van der Waals surface area contributed by atoms with Crippen molar-refractivity contribution in [3.05, 3.63) is 52.8 Å². The molecule has 0 radical (unpaired) electrons. The second-order valence-electron chi connectivity index (χ2n) is 4.41. The number of rotatable bonds is 3. The predicted molar refractivity (Wildman–Crippen MR) is 85.6 cm³/mol. The van der Waals surface area contributed by atoms with E-state index in [2.05, 4.69) is 4.98 Å². The normalized spacial score (nSPS) is 12.7. The number of thiazole rings is 1. The van der Waals surface area contributed by atoms with Crippen molar-refractivity contribution in [2.24, 2.45) is 0 Å². The Labute approximate surface area is 132 Å². The van der Waals surface area contributed by atoms with E-state index in [4.69, 9.17) is 17.3 Å². The minimum Gasteiger partial charge on any atom is -0.399 e. The van der Waals surface area contributed by atoms with E-state index in [-0.39, 0.29) is 10.8 Å². The molecule has 3 rings (SSSR count). The third kappa shape index (κ3) is 2.92. The number of anilines is 1. The first kappa shape index (κ1) is 14.4. The molecule has 0 saturated carbocycles. The lowest BCUT2D eigenvalue weighted by atomic mass is 10.2. The molecule has 0 aliphatic carbocycles. The number of hydrogen-bond donors (Lipinski definition) is 1. The van der Waals surface area contributed by atoms with Gasteiger partial charge in [0.25, 0.3) is 0 Å². The molecule has 1 heterocycles. The van der Waals surface area contributed by atoms with Crippen molar-refractivity contribution < 1.29 is 8.60 Å². The first-order valence-electron chi connectivity index (χ1n) is 6.02. The van der Waals surface area contributed by atoms with E-state index in [1.54, 1.807) is 30.3 Å². The van der Waals surface area contributed by atoms with Gasteiger partial charge in [0.2, 0.25) is 0 Å². The molecule has 0 fully saturated rings. The van der Waals surface area contributed by atoms with Gasteiger partial charge in [0.15, 0.2) is 4.34 Å². The molecule has 1 aromatic heterocycles. The van der Waals surface area contributed by atoms with Crippen LogP contribution in [0.3, 0.4) is 0 Å². The standard InChI is InChI=1S/C14H10ClFN2OS2/c15-10-3-1-2-8(13(10)16)7-21(19)14-18-11-5-4-9(17)6-12(11)20-14/h1-6H,7,17H2. The molecule has 0 saturated heterocycles. The van der Waals surface area contributed by atoms with Crippen molar-refractivity contribution in [1.82, 2.24) is 4.98 Å². The Kier molecular flexibility index (Phi) is 3.93. The van der Waals surface area contributed by atoms with Crippen LogP contribution in [-0.4, -0.2) is 9.19 Å². The summed E-state index contributed by atoms with van der Waals surface area (Å²) in [6.07, 6.45) is 0. The van der Waals surface area contributed by atoms with E-state index >= 15 is 0 Å². The molecule has 0 amide bonds. The summed E-state index contributed by atoms with van der Waals surface area (Å²) in [6, 6.07) is 9.98.